The van der Waals surface area contributed by atoms with Crippen molar-refractivity contribution in [3.63, 3.8) is 0 Å². The minimum Gasteiger partial charge on any atom is -0.496 e. The monoisotopic (exact) mass is 267 g/mol. The van der Waals surface area contributed by atoms with E-state index in [9.17, 15) is 9.59 Å². The molecule has 0 fully saturated rings. The number of methoxy groups -OCH3 is 1. The van der Waals surface area contributed by atoms with Gasteiger partial charge in [0.2, 0.25) is 0 Å². The lowest BCUT2D eigenvalue weighted by molar-refractivity contribution is 0.101. The second-order valence-electron chi connectivity index (χ2n) is 3.82. The maximum atomic E-state index is 11.6. The lowest BCUT2D eigenvalue weighted by Crippen LogP contribution is -2.23. The van der Waals surface area contributed by atoms with Crippen LogP contribution in [0.3, 0.4) is 0 Å². The molecule has 0 heterocycles. The van der Waals surface area contributed by atoms with E-state index >= 15 is 0 Å². The summed E-state index contributed by atoms with van der Waals surface area (Å²) >= 11 is 0. The summed E-state index contributed by atoms with van der Waals surface area (Å²) in [5.41, 5.74) is 0.399. The third kappa shape index (κ3) is 4.50. The summed E-state index contributed by atoms with van der Waals surface area (Å²) < 4.78 is 10.6. The van der Waals surface area contributed by atoms with Crippen LogP contribution in [0.4, 0.5) is 4.79 Å². The summed E-state index contributed by atoms with van der Waals surface area (Å²) in [6, 6.07) is 5.11. The Labute approximate surface area is 111 Å². The van der Waals surface area contributed by atoms with Gasteiger partial charge in [-0.1, -0.05) is 6.07 Å². The van der Waals surface area contributed by atoms with Gasteiger partial charge in [0.05, 0.1) is 13.7 Å². The average molecular weight is 267 g/mol. The molecule has 0 atom stereocenters. The molecule has 1 amide bonds. The fraction of sp³-hybridized carbons (Fsp3) is 0.385. The molecule has 1 aromatic carbocycles. The van der Waals surface area contributed by atoms with Crippen molar-refractivity contribution in [1.82, 2.24) is 5.32 Å². The summed E-state index contributed by atoms with van der Waals surface area (Å²) in [6.07, 6.45) is -0.549. The molecule has 19 heavy (non-hydrogen) atoms. The number of Topliss-reactive ketones (excluding diaryl/α,β-unsaturated/α-hetero) is 1. The summed E-state index contributed by atoms with van der Waals surface area (Å²) in [5, 5.41) is 10.6. The van der Waals surface area contributed by atoms with E-state index in [1.165, 1.54) is 14.0 Å². The molecule has 0 aliphatic heterocycles. The molecule has 104 valence electrons. The Kier molecular flexibility index (Phi) is 5.66. The van der Waals surface area contributed by atoms with E-state index < -0.39 is 6.09 Å². The van der Waals surface area contributed by atoms with E-state index in [1.54, 1.807) is 18.2 Å². The Morgan fingerprint density at radius 1 is 1.32 bits per heavy atom. The number of rotatable bonds is 7. The first-order chi connectivity index (χ1) is 9.06. The fourth-order valence-electron chi connectivity index (χ4n) is 1.60. The minimum absolute atomic E-state index is 0.142. The summed E-state index contributed by atoms with van der Waals surface area (Å²) in [4.78, 5) is 21.8. The van der Waals surface area contributed by atoms with Crippen LogP contribution >= 0.6 is 0 Å². The number of nitrogens with one attached hydrogen (secondary N) is 1. The van der Waals surface area contributed by atoms with Crippen molar-refractivity contribution in [1.29, 1.82) is 0 Å². The van der Waals surface area contributed by atoms with Gasteiger partial charge < -0.3 is 19.9 Å². The van der Waals surface area contributed by atoms with Crippen LogP contribution in [-0.4, -0.2) is 37.2 Å². The number of hydrogen-bond acceptors (Lipinski definition) is 4. The lowest BCUT2D eigenvalue weighted by Gasteiger charge is -2.12. The van der Waals surface area contributed by atoms with Crippen LogP contribution in [0, 0.1) is 0 Å². The van der Waals surface area contributed by atoms with Gasteiger partial charge in [-0.05, 0) is 25.5 Å². The minimum atomic E-state index is -1.06. The zero-order valence-electron chi connectivity index (χ0n) is 10.9. The molecule has 2 N–H and O–H groups in total. The van der Waals surface area contributed by atoms with Crippen LogP contribution in [0.2, 0.25) is 0 Å². The van der Waals surface area contributed by atoms with Crippen molar-refractivity contribution in [2.75, 3.05) is 20.3 Å². The zero-order chi connectivity index (χ0) is 14.3. The Balaban J connectivity index is 2.62. The molecule has 1 aromatic rings. The van der Waals surface area contributed by atoms with Gasteiger partial charge in [-0.15, -0.1) is 0 Å². The second-order valence-corrected chi connectivity index (χ2v) is 3.82. The number of hydrogen-bond donors (Lipinski definition) is 2. The van der Waals surface area contributed by atoms with E-state index in [0.29, 0.717) is 36.6 Å². The topological polar surface area (TPSA) is 84.9 Å². The van der Waals surface area contributed by atoms with Crippen LogP contribution in [0.1, 0.15) is 23.7 Å². The predicted octanol–water partition coefficient (Wildman–Crippen LogP) is 1.93. The van der Waals surface area contributed by atoms with Crippen LogP contribution in [-0.2, 0) is 0 Å². The number of carbonyl (C=O) groups is 2. The highest BCUT2D eigenvalue weighted by Crippen LogP contribution is 2.28. The standard InChI is InChI=1S/C13H17NO5/c1-9(15)12-10(18-2)5-3-6-11(12)19-8-4-7-14-13(16)17/h3,5-6,14H,4,7-8H2,1-2H3,(H,16,17). The highest BCUT2D eigenvalue weighted by Gasteiger charge is 2.14. The van der Waals surface area contributed by atoms with Crippen LogP contribution < -0.4 is 14.8 Å². The molecule has 6 nitrogen and oxygen atoms in total. The van der Waals surface area contributed by atoms with Crippen molar-refractivity contribution >= 4 is 11.9 Å². The molecule has 0 aliphatic rings. The number of benzene rings is 1. The first-order valence-corrected chi connectivity index (χ1v) is 5.83. The van der Waals surface area contributed by atoms with E-state index in [-0.39, 0.29) is 5.78 Å². The molecule has 0 spiro atoms. The molecule has 0 bridgehead atoms. The molecule has 0 saturated heterocycles. The quantitative estimate of drug-likeness (QED) is 0.582. The van der Waals surface area contributed by atoms with Crippen LogP contribution in [0.5, 0.6) is 11.5 Å². The third-order valence-corrected chi connectivity index (χ3v) is 2.41. The molecule has 0 radical (unpaired) electrons. The molecule has 0 aromatic heterocycles. The maximum Gasteiger partial charge on any atom is 0.404 e. The highest BCUT2D eigenvalue weighted by molar-refractivity contribution is 5.99. The number of amides is 1. The highest BCUT2D eigenvalue weighted by atomic mass is 16.5. The summed E-state index contributed by atoms with van der Waals surface area (Å²) in [5.74, 6) is 0.770. The van der Waals surface area contributed by atoms with Crippen molar-refractivity contribution in [3.8, 4) is 11.5 Å². The van der Waals surface area contributed by atoms with Gasteiger partial charge in [-0.25, -0.2) is 4.79 Å². The Bertz CT molecular complexity index is 458. The van der Waals surface area contributed by atoms with Gasteiger partial charge in [-0.3, -0.25) is 4.79 Å². The number of ketones is 1. The summed E-state index contributed by atoms with van der Waals surface area (Å²) in [7, 11) is 1.49. The fourth-order valence-corrected chi connectivity index (χ4v) is 1.60. The maximum absolute atomic E-state index is 11.6. The van der Waals surface area contributed by atoms with Crippen molar-refractivity contribution in [2.45, 2.75) is 13.3 Å². The average Bonchev–Trinajstić information content (AvgIpc) is 2.37. The zero-order valence-corrected chi connectivity index (χ0v) is 10.9. The van der Waals surface area contributed by atoms with E-state index in [2.05, 4.69) is 5.32 Å². The smallest absolute Gasteiger partial charge is 0.404 e. The Morgan fingerprint density at radius 2 is 2.00 bits per heavy atom. The SMILES string of the molecule is COc1cccc(OCCCNC(=O)O)c1C(C)=O. The molecule has 0 aliphatic carbocycles. The van der Waals surface area contributed by atoms with Gasteiger partial charge in [0.1, 0.15) is 17.1 Å². The Morgan fingerprint density at radius 3 is 2.58 bits per heavy atom. The van der Waals surface area contributed by atoms with Crippen LogP contribution in [0.25, 0.3) is 0 Å². The molecule has 0 unspecified atom stereocenters. The third-order valence-electron chi connectivity index (χ3n) is 2.41. The number of carbonyl (C=O) groups excluding carboxylic acids is 1. The largest absolute Gasteiger partial charge is 0.496 e. The predicted molar refractivity (Wildman–Crippen MR) is 69.1 cm³/mol. The molecule has 1 rings (SSSR count). The van der Waals surface area contributed by atoms with E-state index in [4.69, 9.17) is 14.6 Å². The first-order valence-electron chi connectivity index (χ1n) is 5.83. The van der Waals surface area contributed by atoms with Crippen molar-refractivity contribution in [3.05, 3.63) is 23.8 Å². The van der Waals surface area contributed by atoms with Gasteiger partial charge in [0.25, 0.3) is 0 Å². The van der Waals surface area contributed by atoms with E-state index in [0.717, 1.165) is 0 Å². The number of carboxylic acid groups (broad SMARTS) is 1. The van der Waals surface area contributed by atoms with Gasteiger partial charge in [0, 0.05) is 6.54 Å². The second kappa shape index (κ2) is 7.25. The normalized spacial score (nSPS) is 9.79. The molecular formula is C13H17NO5. The van der Waals surface area contributed by atoms with E-state index in [1.807, 2.05) is 0 Å². The van der Waals surface area contributed by atoms with Gasteiger partial charge in [0.15, 0.2) is 5.78 Å². The van der Waals surface area contributed by atoms with Crippen molar-refractivity contribution < 1.29 is 24.2 Å². The van der Waals surface area contributed by atoms with Gasteiger partial charge in [-0.2, -0.15) is 0 Å². The number of ether oxygens (including phenoxy) is 2. The molecule has 6 heteroatoms. The first kappa shape index (κ1) is 14.8. The Hall–Kier alpha value is -2.24. The molecular weight excluding hydrogens is 250 g/mol. The molecule has 0 saturated carbocycles. The van der Waals surface area contributed by atoms with Gasteiger partial charge >= 0.3 is 6.09 Å². The van der Waals surface area contributed by atoms with Crippen LogP contribution in [0.15, 0.2) is 18.2 Å². The van der Waals surface area contributed by atoms with Crippen molar-refractivity contribution in [2.24, 2.45) is 0 Å². The lowest BCUT2D eigenvalue weighted by atomic mass is 10.1. The summed E-state index contributed by atoms with van der Waals surface area (Å²) in [6.45, 7) is 2.05.